The summed E-state index contributed by atoms with van der Waals surface area (Å²) in [6, 6.07) is 20.6. The Morgan fingerprint density at radius 1 is 1.04 bits per heavy atom. The van der Waals surface area contributed by atoms with Gasteiger partial charge in [0.15, 0.2) is 0 Å². The Bertz CT molecular complexity index is 805. The normalized spacial score (nSPS) is 16.9. The highest BCUT2D eigenvalue weighted by atomic mass is 31.2. The molecule has 0 spiro atoms. The number of allylic oxidation sites excluding steroid dienone is 4. The summed E-state index contributed by atoms with van der Waals surface area (Å²) < 4.78 is 5.05. The molecule has 0 saturated carbocycles. The molecule has 1 unspecified atom stereocenters. The Morgan fingerprint density at radius 3 is 2.08 bits per heavy atom. The fourth-order valence-corrected chi connectivity index (χ4v) is 7.14. The summed E-state index contributed by atoms with van der Waals surface area (Å²) in [5, 5.41) is 3.54. The second kappa shape index (κ2) is 7.72. The van der Waals surface area contributed by atoms with E-state index in [0.717, 1.165) is 17.0 Å². The molecule has 2 nitrogen and oxygen atoms in total. The van der Waals surface area contributed by atoms with E-state index in [1.54, 1.807) is 0 Å². The minimum atomic E-state index is -2.21. The highest BCUT2D eigenvalue weighted by Gasteiger charge is 2.28. The van der Waals surface area contributed by atoms with Gasteiger partial charge in [0.1, 0.15) is 0 Å². The van der Waals surface area contributed by atoms with Crippen molar-refractivity contribution in [2.24, 2.45) is 5.92 Å². The largest absolute Gasteiger partial charge is 0.466 e. The van der Waals surface area contributed by atoms with Crippen molar-refractivity contribution in [2.75, 3.05) is 7.11 Å². The number of ether oxygens (including phenoxy) is 1. The van der Waals surface area contributed by atoms with E-state index in [1.165, 1.54) is 12.4 Å². The molecule has 0 heterocycles. The summed E-state index contributed by atoms with van der Waals surface area (Å²) in [5.41, 5.74) is 0. The number of benzene rings is 2. The van der Waals surface area contributed by atoms with Crippen molar-refractivity contribution in [3.8, 4) is 0 Å². The standard InChI is InChI=1S/C22H23O2P/c1-18-10-9-15-21(16-18)25(17-22(23)24-2,19-11-5-3-6-12-19)20-13-7-4-8-14-20/h3-9,11-18H,10H2,1-2H3. The van der Waals surface area contributed by atoms with Crippen LogP contribution in [-0.2, 0) is 9.53 Å². The lowest BCUT2D eigenvalue weighted by atomic mass is 10.0. The van der Waals surface area contributed by atoms with E-state index in [1.807, 2.05) is 42.2 Å². The van der Waals surface area contributed by atoms with Crippen molar-refractivity contribution in [1.82, 2.24) is 0 Å². The molecular weight excluding hydrogens is 327 g/mol. The molecule has 128 valence electrons. The van der Waals surface area contributed by atoms with Gasteiger partial charge in [-0.1, -0.05) is 85.8 Å². The van der Waals surface area contributed by atoms with Crippen molar-refractivity contribution in [1.29, 1.82) is 0 Å². The average Bonchev–Trinajstić information content (AvgIpc) is 2.67. The SMILES string of the molecule is COC(=O)C=P(C1=CC(C)CC=C1)(c1ccccc1)c1ccccc1. The van der Waals surface area contributed by atoms with E-state index in [-0.39, 0.29) is 5.97 Å². The molecule has 0 bridgehead atoms. The molecule has 0 saturated heterocycles. The van der Waals surface area contributed by atoms with E-state index < -0.39 is 6.89 Å². The van der Waals surface area contributed by atoms with Gasteiger partial charge < -0.3 is 4.74 Å². The van der Waals surface area contributed by atoms with Crippen LogP contribution in [0.5, 0.6) is 0 Å². The summed E-state index contributed by atoms with van der Waals surface area (Å²) in [4.78, 5) is 12.4. The molecule has 0 amide bonds. The molecule has 1 aliphatic carbocycles. The maximum absolute atomic E-state index is 12.4. The highest BCUT2D eigenvalue weighted by Crippen LogP contribution is 2.54. The summed E-state index contributed by atoms with van der Waals surface area (Å²) in [6.45, 7) is 0.00303. The average molecular weight is 350 g/mol. The van der Waals surface area contributed by atoms with Gasteiger partial charge in [-0.2, -0.15) is 0 Å². The third kappa shape index (κ3) is 3.55. The lowest BCUT2D eigenvalue weighted by molar-refractivity contribution is -0.132. The van der Waals surface area contributed by atoms with Gasteiger partial charge in [-0.25, -0.2) is 4.79 Å². The molecule has 0 N–H and O–H groups in total. The second-order valence-corrected chi connectivity index (χ2v) is 9.51. The lowest BCUT2D eigenvalue weighted by Crippen LogP contribution is -2.22. The van der Waals surface area contributed by atoms with Crippen LogP contribution in [0.4, 0.5) is 0 Å². The predicted octanol–water partition coefficient (Wildman–Crippen LogP) is 4.11. The molecule has 2 aromatic carbocycles. The second-order valence-electron chi connectivity index (χ2n) is 6.25. The van der Waals surface area contributed by atoms with Crippen LogP contribution in [0.2, 0.25) is 0 Å². The zero-order chi connectivity index (χ0) is 17.7. The fourth-order valence-electron chi connectivity index (χ4n) is 3.26. The van der Waals surface area contributed by atoms with E-state index >= 15 is 0 Å². The van der Waals surface area contributed by atoms with E-state index in [2.05, 4.69) is 49.4 Å². The van der Waals surface area contributed by atoms with Crippen LogP contribution < -0.4 is 10.6 Å². The van der Waals surface area contributed by atoms with Crippen molar-refractivity contribution in [3.63, 3.8) is 0 Å². The number of carbonyl (C=O) groups is 1. The van der Waals surface area contributed by atoms with Gasteiger partial charge in [-0.3, -0.25) is 0 Å². The maximum atomic E-state index is 12.4. The third-order valence-corrected chi connectivity index (χ3v) is 8.42. The number of methoxy groups -OCH3 is 1. The van der Waals surface area contributed by atoms with Crippen LogP contribution in [0.25, 0.3) is 0 Å². The number of hydrogen-bond acceptors (Lipinski definition) is 2. The first-order valence-corrected chi connectivity index (χ1v) is 10.4. The minimum Gasteiger partial charge on any atom is -0.466 e. The third-order valence-electron chi connectivity index (χ3n) is 4.49. The summed E-state index contributed by atoms with van der Waals surface area (Å²) in [7, 11) is 1.44. The molecule has 0 aromatic heterocycles. The smallest absolute Gasteiger partial charge is 0.331 e. The van der Waals surface area contributed by atoms with Crippen LogP contribution >= 0.6 is 6.89 Å². The van der Waals surface area contributed by atoms with Crippen LogP contribution in [0.1, 0.15) is 13.3 Å². The van der Waals surface area contributed by atoms with Gasteiger partial charge in [0.2, 0.25) is 0 Å². The lowest BCUT2D eigenvalue weighted by Gasteiger charge is -2.31. The van der Waals surface area contributed by atoms with Crippen LogP contribution in [0.3, 0.4) is 0 Å². The Kier molecular flexibility index (Phi) is 5.40. The molecule has 0 radical (unpaired) electrons. The molecule has 2 aromatic rings. The van der Waals surface area contributed by atoms with Gasteiger partial charge in [0.25, 0.3) is 0 Å². The highest BCUT2D eigenvalue weighted by molar-refractivity contribution is 7.92. The topological polar surface area (TPSA) is 26.3 Å². The van der Waals surface area contributed by atoms with E-state index in [9.17, 15) is 4.79 Å². The van der Waals surface area contributed by atoms with Gasteiger partial charge in [0, 0.05) is 5.80 Å². The first-order chi connectivity index (χ1) is 12.2. The quantitative estimate of drug-likeness (QED) is 0.613. The fraction of sp³-hybridized carbons (Fsp3) is 0.182. The zero-order valence-corrected chi connectivity index (χ0v) is 15.5. The number of esters is 1. The van der Waals surface area contributed by atoms with Gasteiger partial charge >= 0.3 is 5.97 Å². The first kappa shape index (κ1) is 17.5. The monoisotopic (exact) mass is 350 g/mol. The molecule has 1 aliphatic rings. The van der Waals surface area contributed by atoms with Crippen molar-refractivity contribution >= 4 is 29.3 Å². The summed E-state index contributed by atoms with van der Waals surface area (Å²) >= 11 is 0. The number of hydrogen-bond donors (Lipinski definition) is 0. The van der Waals surface area contributed by atoms with Crippen LogP contribution in [0, 0.1) is 5.92 Å². The first-order valence-electron chi connectivity index (χ1n) is 8.49. The molecule has 3 rings (SSSR count). The molecule has 3 heteroatoms. The van der Waals surface area contributed by atoms with Crippen LogP contribution in [-0.4, -0.2) is 18.9 Å². The Labute approximate surface area is 149 Å². The molecule has 0 aliphatic heterocycles. The summed E-state index contributed by atoms with van der Waals surface area (Å²) in [5.74, 6) is 1.98. The molecular formula is C22H23O2P. The van der Waals surface area contributed by atoms with E-state index in [4.69, 9.17) is 4.74 Å². The Balaban J connectivity index is 2.39. The Morgan fingerprint density at radius 2 is 1.60 bits per heavy atom. The molecule has 25 heavy (non-hydrogen) atoms. The maximum Gasteiger partial charge on any atom is 0.331 e. The minimum absolute atomic E-state index is 0.284. The van der Waals surface area contributed by atoms with Crippen molar-refractivity contribution in [2.45, 2.75) is 13.3 Å². The molecule has 0 fully saturated rings. The van der Waals surface area contributed by atoms with Gasteiger partial charge in [-0.05, 0) is 35.1 Å². The van der Waals surface area contributed by atoms with Crippen LogP contribution in [0.15, 0.2) is 84.2 Å². The zero-order valence-electron chi connectivity index (χ0n) is 14.6. The Hall–Kier alpha value is -2.31. The summed E-state index contributed by atoms with van der Waals surface area (Å²) in [6.07, 6.45) is 7.75. The van der Waals surface area contributed by atoms with Crippen molar-refractivity contribution < 1.29 is 9.53 Å². The van der Waals surface area contributed by atoms with E-state index in [0.29, 0.717) is 5.92 Å². The number of carbonyl (C=O) groups excluding carboxylic acids is 1. The van der Waals surface area contributed by atoms with Gasteiger partial charge in [0.05, 0.1) is 7.11 Å². The van der Waals surface area contributed by atoms with Gasteiger partial charge in [-0.15, -0.1) is 0 Å². The predicted molar refractivity (Wildman–Crippen MR) is 108 cm³/mol. The van der Waals surface area contributed by atoms with Crippen molar-refractivity contribution in [3.05, 3.63) is 84.2 Å². The number of rotatable bonds is 4. The molecule has 1 atom stereocenters.